The second-order valence-electron chi connectivity index (χ2n) is 4.45. The summed E-state index contributed by atoms with van der Waals surface area (Å²) in [5, 5.41) is 17.7. The van der Waals surface area contributed by atoms with Gasteiger partial charge >= 0.3 is 6.09 Å². The number of aliphatic hydroxyl groups excluding tert-OH is 1. The number of carboxylic acid groups (broad SMARTS) is 1. The van der Waals surface area contributed by atoms with Crippen LogP contribution >= 0.6 is 0 Å². The van der Waals surface area contributed by atoms with E-state index in [-0.39, 0.29) is 0 Å². The van der Waals surface area contributed by atoms with Gasteiger partial charge in [-0.1, -0.05) is 0 Å². The van der Waals surface area contributed by atoms with E-state index in [1.165, 1.54) is 4.90 Å². The number of rotatable bonds is 2. The van der Waals surface area contributed by atoms with E-state index in [2.05, 4.69) is 0 Å². The molecule has 2 rings (SSSR count). The summed E-state index contributed by atoms with van der Waals surface area (Å²) in [6.45, 7) is 1.66. The third-order valence-electron chi connectivity index (χ3n) is 3.63. The van der Waals surface area contributed by atoms with Crippen molar-refractivity contribution in [2.24, 2.45) is 17.8 Å². The molecule has 0 spiro atoms. The number of amides is 1. The van der Waals surface area contributed by atoms with Gasteiger partial charge < -0.3 is 15.1 Å². The third-order valence-corrected chi connectivity index (χ3v) is 3.63. The first-order valence-corrected chi connectivity index (χ1v) is 5.31. The van der Waals surface area contributed by atoms with E-state index in [1.807, 2.05) is 0 Å². The minimum atomic E-state index is -0.794. The molecule has 2 aliphatic rings. The molecule has 2 fully saturated rings. The highest BCUT2D eigenvalue weighted by molar-refractivity contribution is 5.64. The molecule has 14 heavy (non-hydrogen) atoms. The number of aliphatic hydroxyl groups is 1. The molecule has 0 aromatic rings. The van der Waals surface area contributed by atoms with Gasteiger partial charge in [0.05, 0.1) is 0 Å². The zero-order valence-corrected chi connectivity index (χ0v) is 8.22. The quantitative estimate of drug-likeness (QED) is 0.697. The maximum absolute atomic E-state index is 10.7. The molecular weight excluding hydrogens is 182 g/mol. The van der Waals surface area contributed by atoms with Crippen molar-refractivity contribution in [2.75, 3.05) is 19.7 Å². The van der Waals surface area contributed by atoms with Crippen LogP contribution in [0.15, 0.2) is 0 Å². The molecule has 1 aliphatic heterocycles. The van der Waals surface area contributed by atoms with Crippen LogP contribution in [0.4, 0.5) is 4.79 Å². The van der Waals surface area contributed by atoms with Crippen LogP contribution in [0.25, 0.3) is 0 Å². The molecule has 2 N–H and O–H groups in total. The topological polar surface area (TPSA) is 60.8 Å². The molecule has 2 atom stereocenters. The summed E-state index contributed by atoms with van der Waals surface area (Å²) in [6, 6.07) is 0. The third kappa shape index (κ3) is 1.85. The highest BCUT2D eigenvalue weighted by Crippen LogP contribution is 2.47. The molecule has 1 amide bonds. The first-order valence-electron chi connectivity index (χ1n) is 5.31. The standard InChI is InChI=1S/C10H17NO3/c12-6-8-5-9(8)7-1-3-11(4-2-7)10(13)14/h7-9,12H,1-6H2,(H,13,14). The van der Waals surface area contributed by atoms with Crippen LogP contribution in [-0.2, 0) is 0 Å². The first kappa shape index (κ1) is 9.77. The molecule has 80 valence electrons. The van der Waals surface area contributed by atoms with Crippen molar-refractivity contribution < 1.29 is 15.0 Å². The minimum Gasteiger partial charge on any atom is -0.465 e. The molecule has 1 heterocycles. The van der Waals surface area contributed by atoms with Crippen LogP contribution in [0, 0.1) is 17.8 Å². The summed E-state index contributed by atoms with van der Waals surface area (Å²) in [4.78, 5) is 12.1. The Morgan fingerprint density at radius 3 is 2.43 bits per heavy atom. The van der Waals surface area contributed by atoms with Crippen molar-refractivity contribution in [1.29, 1.82) is 0 Å². The lowest BCUT2D eigenvalue weighted by Crippen LogP contribution is -2.38. The second kappa shape index (κ2) is 3.77. The van der Waals surface area contributed by atoms with Crippen LogP contribution < -0.4 is 0 Å². The lowest BCUT2D eigenvalue weighted by atomic mass is 9.91. The molecule has 0 bridgehead atoms. The Balaban J connectivity index is 1.77. The molecule has 1 saturated heterocycles. The van der Waals surface area contributed by atoms with Gasteiger partial charge in [-0.05, 0) is 37.0 Å². The normalized spacial score (nSPS) is 33.1. The monoisotopic (exact) mass is 199 g/mol. The Labute approximate surface area is 83.5 Å². The molecule has 4 heteroatoms. The number of carbonyl (C=O) groups is 1. The summed E-state index contributed by atoms with van der Waals surface area (Å²) in [5.41, 5.74) is 0. The minimum absolute atomic E-state index is 0.309. The van der Waals surface area contributed by atoms with Crippen LogP contribution in [0.5, 0.6) is 0 Å². The fraction of sp³-hybridized carbons (Fsp3) is 0.900. The van der Waals surface area contributed by atoms with Crippen LogP contribution in [0.2, 0.25) is 0 Å². The number of nitrogens with zero attached hydrogens (tertiary/aromatic N) is 1. The van der Waals surface area contributed by atoms with Crippen LogP contribution in [-0.4, -0.2) is 40.9 Å². The van der Waals surface area contributed by atoms with Crippen LogP contribution in [0.1, 0.15) is 19.3 Å². The largest absolute Gasteiger partial charge is 0.465 e. The Kier molecular flexibility index (Phi) is 2.63. The van der Waals surface area contributed by atoms with Gasteiger partial charge in [0.15, 0.2) is 0 Å². The average Bonchev–Trinajstić information content (AvgIpc) is 2.97. The molecule has 1 aliphatic carbocycles. The number of likely N-dealkylation sites (tertiary alicyclic amines) is 1. The molecule has 0 aromatic carbocycles. The van der Waals surface area contributed by atoms with E-state index >= 15 is 0 Å². The van der Waals surface area contributed by atoms with Gasteiger partial charge in [0.2, 0.25) is 0 Å². The summed E-state index contributed by atoms with van der Waals surface area (Å²) in [6.07, 6.45) is 2.31. The van der Waals surface area contributed by atoms with Gasteiger partial charge in [0, 0.05) is 19.7 Å². The Bertz CT molecular complexity index is 223. The smallest absolute Gasteiger partial charge is 0.407 e. The summed E-state index contributed by atoms with van der Waals surface area (Å²) in [7, 11) is 0. The fourth-order valence-electron chi connectivity index (χ4n) is 2.58. The van der Waals surface area contributed by atoms with Gasteiger partial charge in [-0.3, -0.25) is 0 Å². The van der Waals surface area contributed by atoms with Gasteiger partial charge in [-0.2, -0.15) is 0 Å². The number of hydrogen-bond acceptors (Lipinski definition) is 2. The lowest BCUT2D eigenvalue weighted by Gasteiger charge is -2.30. The van der Waals surface area contributed by atoms with Crippen LogP contribution in [0.3, 0.4) is 0 Å². The lowest BCUT2D eigenvalue weighted by molar-refractivity contribution is 0.118. The van der Waals surface area contributed by atoms with E-state index < -0.39 is 6.09 Å². The zero-order chi connectivity index (χ0) is 10.1. The predicted octanol–water partition coefficient (Wildman–Crippen LogP) is 1.00. The van der Waals surface area contributed by atoms with Crippen molar-refractivity contribution in [3.8, 4) is 0 Å². The van der Waals surface area contributed by atoms with Gasteiger partial charge in [-0.15, -0.1) is 0 Å². The van der Waals surface area contributed by atoms with Crippen molar-refractivity contribution in [3.63, 3.8) is 0 Å². The van der Waals surface area contributed by atoms with E-state index in [1.54, 1.807) is 0 Å². The molecule has 4 nitrogen and oxygen atoms in total. The van der Waals surface area contributed by atoms with Gasteiger partial charge in [0.1, 0.15) is 0 Å². The first-order chi connectivity index (χ1) is 6.72. The number of piperidine rings is 1. The molecule has 1 saturated carbocycles. The van der Waals surface area contributed by atoms with E-state index in [4.69, 9.17) is 10.2 Å². The molecule has 0 radical (unpaired) electrons. The summed E-state index contributed by atoms with van der Waals surface area (Å²) < 4.78 is 0. The SMILES string of the molecule is O=C(O)N1CCC(C2CC2CO)CC1. The maximum Gasteiger partial charge on any atom is 0.407 e. The Morgan fingerprint density at radius 2 is 2.00 bits per heavy atom. The zero-order valence-electron chi connectivity index (χ0n) is 8.22. The van der Waals surface area contributed by atoms with Crippen molar-refractivity contribution in [2.45, 2.75) is 19.3 Å². The maximum atomic E-state index is 10.7. The highest BCUT2D eigenvalue weighted by Gasteiger charge is 2.43. The van der Waals surface area contributed by atoms with E-state index in [0.717, 1.165) is 19.3 Å². The average molecular weight is 199 g/mol. The second-order valence-corrected chi connectivity index (χ2v) is 4.45. The van der Waals surface area contributed by atoms with E-state index in [0.29, 0.717) is 37.5 Å². The highest BCUT2D eigenvalue weighted by atomic mass is 16.4. The van der Waals surface area contributed by atoms with Crippen molar-refractivity contribution in [3.05, 3.63) is 0 Å². The van der Waals surface area contributed by atoms with Gasteiger partial charge in [0.25, 0.3) is 0 Å². The number of hydrogen-bond donors (Lipinski definition) is 2. The summed E-state index contributed by atoms with van der Waals surface area (Å²) in [5.74, 6) is 1.84. The molecular formula is C10H17NO3. The predicted molar refractivity (Wildman–Crippen MR) is 51.0 cm³/mol. The molecule has 0 aromatic heterocycles. The van der Waals surface area contributed by atoms with Gasteiger partial charge in [-0.25, -0.2) is 4.79 Å². The van der Waals surface area contributed by atoms with E-state index in [9.17, 15) is 4.79 Å². The van der Waals surface area contributed by atoms with Crippen molar-refractivity contribution in [1.82, 2.24) is 4.90 Å². The summed E-state index contributed by atoms with van der Waals surface area (Å²) >= 11 is 0. The Hall–Kier alpha value is -0.770. The Morgan fingerprint density at radius 1 is 1.36 bits per heavy atom. The molecule has 2 unspecified atom stereocenters. The van der Waals surface area contributed by atoms with Crippen molar-refractivity contribution >= 4 is 6.09 Å². The fourth-order valence-corrected chi connectivity index (χ4v) is 2.58.